The van der Waals surface area contributed by atoms with Crippen LogP contribution in [0.4, 0.5) is 25.0 Å². The van der Waals surface area contributed by atoms with Gasteiger partial charge in [0.1, 0.15) is 28.8 Å². The standard InChI is InChI=1S/C30H24F2N4O2/c1-35(2)25-13-17-27(18-14-25)38-26-15-11-24(12-16-26)33-30(37)36-19-28(20-3-7-22(31)8-4-20)29(34-36)21-5-9-23(32)10-6-21/h3-19H,1-2H3,(H,33,37). The first-order chi connectivity index (χ1) is 18.4. The summed E-state index contributed by atoms with van der Waals surface area (Å²) in [5, 5.41) is 7.27. The molecular weight excluding hydrogens is 486 g/mol. The summed E-state index contributed by atoms with van der Waals surface area (Å²) in [6, 6.07) is 25.9. The number of rotatable bonds is 6. The molecule has 0 aliphatic rings. The summed E-state index contributed by atoms with van der Waals surface area (Å²) in [7, 11) is 3.94. The zero-order valence-electron chi connectivity index (χ0n) is 20.7. The summed E-state index contributed by atoms with van der Waals surface area (Å²) in [5.41, 5.74) is 3.99. The lowest BCUT2D eigenvalue weighted by atomic mass is 10.0. The number of nitrogens with one attached hydrogen (secondary N) is 1. The van der Waals surface area contributed by atoms with Crippen LogP contribution in [-0.4, -0.2) is 29.9 Å². The van der Waals surface area contributed by atoms with E-state index >= 15 is 0 Å². The Morgan fingerprint density at radius 1 is 0.763 bits per heavy atom. The Morgan fingerprint density at radius 3 is 1.84 bits per heavy atom. The number of carbonyl (C=O) groups is 1. The first-order valence-electron chi connectivity index (χ1n) is 11.8. The quantitative estimate of drug-likeness (QED) is 0.258. The van der Waals surface area contributed by atoms with Crippen LogP contribution in [0.5, 0.6) is 11.5 Å². The van der Waals surface area contributed by atoms with Gasteiger partial charge in [-0.3, -0.25) is 0 Å². The van der Waals surface area contributed by atoms with Gasteiger partial charge in [-0.15, -0.1) is 0 Å². The number of anilines is 2. The minimum absolute atomic E-state index is 0.375. The number of benzene rings is 4. The van der Waals surface area contributed by atoms with Gasteiger partial charge in [-0.25, -0.2) is 13.6 Å². The third kappa shape index (κ3) is 5.54. The van der Waals surface area contributed by atoms with E-state index < -0.39 is 6.03 Å². The number of nitrogens with zero attached hydrogens (tertiary/aromatic N) is 3. The second-order valence-corrected chi connectivity index (χ2v) is 8.79. The zero-order chi connectivity index (χ0) is 26.6. The van der Waals surface area contributed by atoms with Crippen molar-refractivity contribution in [3.05, 3.63) is 115 Å². The molecule has 0 bridgehead atoms. The van der Waals surface area contributed by atoms with Gasteiger partial charge >= 0.3 is 6.03 Å². The minimum Gasteiger partial charge on any atom is -0.457 e. The van der Waals surface area contributed by atoms with Crippen molar-refractivity contribution in [3.8, 4) is 33.9 Å². The highest BCUT2D eigenvalue weighted by molar-refractivity contribution is 5.92. The molecule has 1 N–H and O–H groups in total. The van der Waals surface area contributed by atoms with E-state index in [1.807, 2.05) is 43.3 Å². The monoisotopic (exact) mass is 510 g/mol. The van der Waals surface area contributed by atoms with Crippen LogP contribution in [0.1, 0.15) is 0 Å². The van der Waals surface area contributed by atoms with Gasteiger partial charge in [-0.1, -0.05) is 12.1 Å². The van der Waals surface area contributed by atoms with Crippen LogP contribution in [0.3, 0.4) is 0 Å². The Balaban J connectivity index is 1.35. The molecule has 8 heteroatoms. The molecule has 0 atom stereocenters. The van der Waals surface area contributed by atoms with E-state index in [0.29, 0.717) is 39.6 Å². The summed E-state index contributed by atoms with van der Waals surface area (Å²) in [4.78, 5) is 15.1. The van der Waals surface area contributed by atoms with Crippen LogP contribution in [0.2, 0.25) is 0 Å². The Hall–Kier alpha value is -4.98. The summed E-state index contributed by atoms with van der Waals surface area (Å²) in [5.74, 6) is 0.565. The number of ether oxygens (including phenoxy) is 1. The molecule has 5 aromatic rings. The van der Waals surface area contributed by atoms with E-state index in [2.05, 4.69) is 10.4 Å². The Labute approximate surface area is 218 Å². The SMILES string of the molecule is CN(C)c1ccc(Oc2ccc(NC(=O)n3cc(-c4ccc(F)cc4)c(-c4ccc(F)cc4)n3)cc2)cc1. The van der Waals surface area contributed by atoms with Gasteiger partial charge in [-0.05, 0) is 90.5 Å². The van der Waals surface area contributed by atoms with Crippen molar-refractivity contribution in [2.45, 2.75) is 0 Å². The molecule has 190 valence electrons. The minimum atomic E-state index is -0.491. The number of carbonyl (C=O) groups excluding carboxylic acids is 1. The summed E-state index contributed by atoms with van der Waals surface area (Å²) >= 11 is 0. The Bertz CT molecular complexity index is 1480. The zero-order valence-corrected chi connectivity index (χ0v) is 20.7. The number of hydrogen-bond donors (Lipinski definition) is 1. The van der Waals surface area contributed by atoms with E-state index in [9.17, 15) is 13.6 Å². The molecule has 0 unspecified atom stereocenters. The highest BCUT2D eigenvalue weighted by Crippen LogP contribution is 2.32. The molecule has 38 heavy (non-hydrogen) atoms. The average molecular weight is 511 g/mol. The first-order valence-corrected chi connectivity index (χ1v) is 11.8. The van der Waals surface area contributed by atoms with Crippen molar-refractivity contribution >= 4 is 17.4 Å². The third-order valence-electron chi connectivity index (χ3n) is 5.89. The topological polar surface area (TPSA) is 59.4 Å². The summed E-state index contributed by atoms with van der Waals surface area (Å²) in [6.45, 7) is 0. The van der Waals surface area contributed by atoms with Gasteiger partial charge in [0.2, 0.25) is 0 Å². The highest BCUT2D eigenvalue weighted by atomic mass is 19.1. The second kappa shape index (κ2) is 10.6. The molecular formula is C30H24F2N4O2. The largest absolute Gasteiger partial charge is 0.457 e. The lowest BCUT2D eigenvalue weighted by Gasteiger charge is -2.13. The molecule has 5 rings (SSSR count). The van der Waals surface area contributed by atoms with E-state index in [-0.39, 0.29) is 11.6 Å². The lowest BCUT2D eigenvalue weighted by Crippen LogP contribution is -2.19. The van der Waals surface area contributed by atoms with E-state index in [4.69, 9.17) is 4.74 Å². The lowest BCUT2D eigenvalue weighted by molar-refractivity contribution is 0.251. The van der Waals surface area contributed by atoms with Crippen molar-refractivity contribution in [1.29, 1.82) is 0 Å². The Morgan fingerprint density at radius 2 is 1.29 bits per heavy atom. The fourth-order valence-corrected chi connectivity index (χ4v) is 3.88. The number of halogens is 2. The van der Waals surface area contributed by atoms with E-state index in [0.717, 1.165) is 5.69 Å². The first kappa shape index (κ1) is 24.7. The van der Waals surface area contributed by atoms with Gasteiger partial charge in [-0.2, -0.15) is 9.78 Å². The molecule has 0 saturated heterocycles. The van der Waals surface area contributed by atoms with Gasteiger partial charge in [0.15, 0.2) is 0 Å². The van der Waals surface area contributed by atoms with Crippen molar-refractivity contribution in [2.75, 3.05) is 24.3 Å². The second-order valence-electron chi connectivity index (χ2n) is 8.79. The van der Waals surface area contributed by atoms with Crippen molar-refractivity contribution in [1.82, 2.24) is 9.78 Å². The maximum atomic E-state index is 13.5. The van der Waals surface area contributed by atoms with E-state index in [1.165, 1.54) is 28.9 Å². The smallest absolute Gasteiger partial charge is 0.346 e. The molecule has 1 amide bonds. The fraction of sp³-hybridized carbons (Fsp3) is 0.0667. The Kier molecular flexibility index (Phi) is 6.86. The summed E-state index contributed by atoms with van der Waals surface area (Å²) < 4.78 is 34.1. The third-order valence-corrected chi connectivity index (χ3v) is 5.89. The highest BCUT2D eigenvalue weighted by Gasteiger charge is 2.17. The van der Waals surface area contributed by atoms with Crippen molar-refractivity contribution < 1.29 is 18.3 Å². The number of hydrogen-bond acceptors (Lipinski definition) is 4. The molecule has 1 heterocycles. The normalized spacial score (nSPS) is 10.7. The number of amides is 1. The average Bonchev–Trinajstić information content (AvgIpc) is 3.37. The predicted molar refractivity (Wildman–Crippen MR) is 145 cm³/mol. The molecule has 0 radical (unpaired) electrons. The molecule has 6 nitrogen and oxygen atoms in total. The predicted octanol–water partition coefficient (Wildman–Crippen LogP) is 7.43. The molecule has 0 fully saturated rings. The van der Waals surface area contributed by atoms with Crippen LogP contribution in [-0.2, 0) is 0 Å². The van der Waals surface area contributed by atoms with Crippen LogP contribution in [0.25, 0.3) is 22.4 Å². The molecule has 0 spiro atoms. The van der Waals surface area contributed by atoms with Gasteiger partial charge in [0.05, 0.1) is 0 Å². The van der Waals surface area contributed by atoms with Gasteiger partial charge in [0, 0.05) is 42.8 Å². The van der Waals surface area contributed by atoms with Crippen LogP contribution >= 0.6 is 0 Å². The van der Waals surface area contributed by atoms with Crippen molar-refractivity contribution in [2.24, 2.45) is 0 Å². The summed E-state index contributed by atoms with van der Waals surface area (Å²) in [6.07, 6.45) is 1.57. The maximum absolute atomic E-state index is 13.5. The molecule has 0 saturated carbocycles. The van der Waals surface area contributed by atoms with Crippen LogP contribution < -0.4 is 15.0 Å². The molecule has 0 aliphatic carbocycles. The molecule has 4 aromatic carbocycles. The van der Waals surface area contributed by atoms with Crippen LogP contribution in [0, 0.1) is 11.6 Å². The van der Waals surface area contributed by atoms with Gasteiger partial charge < -0.3 is 15.0 Å². The van der Waals surface area contributed by atoms with Crippen LogP contribution in [0.15, 0.2) is 103 Å². The van der Waals surface area contributed by atoms with Gasteiger partial charge in [0.25, 0.3) is 0 Å². The maximum Gasteiger partial charge on any atom is 0.346 e. The van der Waals surface area contributed by atoms with E-state index in [1.54, 1.807) is 54.7 Å². The molecule has 1 aromatic heterocycles. The fourth-order valence-electron chi connectivity index (χ4n) is 3.88. The molecule has 0 aliphatic heterocycles. The number of aromatic nitrogens is 2. The van der Waals surface area contributed by atoms with Crippen molar-refractivity contribution in [3.63, 3.8) is 0 Å².